The predicted molar refractivity (Wildman–Crippen MR) is 60.6 cm³/mol. The summed E-state index contributed by atoms with van der Waals surface area (Å²) in [5, 5.41) is 2.48. The van der Waals surface area contributed by atoms with E-state index in [4.69, 9.17) is 4.74 Å². The molecule has 0 saturated carbocycles. The molecule has 0 heterocycles. The number of hydrogen-bond acceptors (Lipinski definition) is 3. The number of nitrogens with one attached hydrogen (secondary N) is 1. The zero-order valence-electron chi connectivity index (χ0n) is 9.53. The SMILES string of the molecule is CNC(=O)CCCOc1ccc(C=O)cc1F. The number of ether oxygens (including phenoxy) is 1. The first-order valence-corrected chi connectivity index (χ1v) is 5.25. The summed E-state index contributed by atoms with van der Waals surface area (Å²) >= 11 is 0. The van der Waals surface area contributed by atoms with Gasteiger partial charge in [0.05, 0.1) is 6.61 Å². The summed E-state index contributed by atoms with van der Waals surface area (Å²) in [5.41, 5.74) is 0.264. The van der Waals surface area contributed by atoms with Crippen molar-refractivity contribution in [2.24, 2.45) is 0 Å². The number of halogens is 1. The number of rotatable bonds is 6. The highest BCUT2D eigenvalue weighted by Gasteiger charge is 2.05. The maximum Gasteiger partial charge on any atom is 0.219 e. The standard InChI is InChI=1S/C12H14FNO3/c1-14-12(16)3-2-6-17-11-5-4-9(8-15)7-10(11)13/h4-5,7-8H,2-3,6H2,1H3,(H,14,16). The van der Waals surface area contributed by atoms with Crippen LogP contribution in [0, 0.1) is 5.82 Å². The Hall–Kier alpha value is -1.91. The maximum atomic E-state index is 13.3. The molecule has 0 bridgehead atoms. The molecular formula is C12H14FNO3. The number of aldehydes is 1. The van der Waals surface area contributed by atoms with Gasteiger partial charge in [-0.25, -0.2) is 4.39 Å². The van der Waals surface area contributed by atoms with E-state index in [-0.39, 0.29) is 23.8 Å². The summed E-state index contributed by atoms with van der Waals surface area (Å²) in [6.07, 6.45) is 1.41. The molecule has 0 aliphatic carbocycles. The topological polar surface area (TPSA) is 55.4 Å². The molecule has 0 unspecified atom stereocenters. The zero-order chi connectivity index (χ0) is 12.7. The second-order valence-electron chi connectivity index (χ2n) is 3.43. The highest BCUT2D eigenvalue weighted by atomic mass is 19.1. The van der Waals surface area contributed by atoms with Gasteiger partial charge >= 0.3 is 0 Å². The second-order valence-corrected chi connectivity index (χ2v) is 3.43. The Morgan fingerprint density at radius 2 is 2.29 bits per heavy atom. The molecule has 0 spiro atoms. The lowest BCUT2D eigenvalue weighted by atomic mass is 10.2. The highest BCUT2D eigenvalue weighted by Crippen LogP contribution is 2.17. The van der Waals surface area contributed by atoms with Crippen molar-refractivity contribution in [2.75, 3.05) is 13.7 Å². The molecule has 0 fully saturated rings. The summed E-state index contributed by atoms with van der Waals surface area (Å²) in [7, 11) is 1.56. The predicted octanol–water partition coefficient (Wildman–Crippen LogP) is 1.54. The van der Waals surface area contributed by atoms with Crippen molar-refractivity contribution in [3.8, 4) is 5.75 Å². The van der Waals surface area contributed by atoms with Crippen LogP contribution in [0.1, 0.15) is 23.2 Å². The minimum Gasteiger partial charge on any atom is -0.491 e. The Morgan fingerprint density at radius 3 is 2.88 bits per heavy atom. The van der Waals surface area contributed by atoms with E-state index < -0.39 is 5.82 Å². The van der Waals surface area contributed by atoms with Crippen LogP contribution >= 0.6 is 0 Å². The molecule has 0 aliphatic heterocycles. The van der Waals surface area contributed by atoms with E-state index in [2.05, 4.69) is 5.32 Å². The summed E-state index contributed by atoms with van der Waals surface area (Å²) in [5.74, 6) is -0.563. The zero-order valence-corrected chi connectivity index (χ0v) is 9.53. The molecular weight excluding hydrogens is 225 g/mol. The van der Waals surface area contributed by atoms with Gasteiger partial charge in [0, 0.05) is 19.0 Å². The van der Waals surface area contributed by atoms with Crippen LogP contribution in [-0.4, -0.2) is 25.8 Å². The molecule has 0 radical (unpaired) electrons. The quantitative estimate of drug-likeness (QED) is 0.605. The first-order valence-electron chi connectivity index (χ1n) is 5.25. The van der Waals surface area contributed by atoms with Crippen molar-refractivity contribution >= 4 is 12.2 Å². The molecule has 0 aliphatic rings. The molecule has 92 valence electrons. The molecule has 0 saturated heterocycles. The number of carbonyl (C=O) groups excluding carboxylic acids is 2. The van der Waals surface area contributed by atoms with Crippen LogP contribution in [0.3, 0.4) is 0 Å². The smallest absolute Gasteiger partial charge is 0.219 e. The Morgan fingerprint density at radius 1 is 1.53 bits per heavy atom. The van der Waals surface area contributed by atoms with Crippen molar-refractivity contribution in [1.82, 2.24) is 5.32 Å². The van der Waals surface area contributed by atoms with E-state index >= 15 is 0 Å². The van der Waals surface area contributed by atoms with E-state index in [9.17, 15) is 14.0 Å². The molecule has 4 nitrogen and oxygen atoms in total. The monoisotopic (exact) mass is 239 g/mol. The van der Waals surface area contributed by atoms with Crippen molar-refractivity contribution < 1.29 is 18.7 Å². The molecule has 1 aromatic rings. The maximum absolute atomic E-state index is 13.3. The molecule has 5 heteroatoms. The van der Waals surface area contributed by atoms with Crippen LogP contribution in [0.15, 0.2) is 18.2 Å². The second kappa shape index (κ2) is 6.62. The van der Waals surface area contributed by atoms with Crippen LogP contribution < -0.4 is 10.1 Å². The van der Waals surface area contributed by atoms with E-state index in [1.165, 1.54) is 12.1 Å². The summed E-state index contributed by atoms with van der Waals surface area (Å²) in [4.78, 5) is 21.3. The van der Waals surface area contributed by atoms with Crippen molar-refractivity contribution in [3.63, 3.8) is 0 Å². The normalized spacial score (nSPS) is 9.76. The molecule has 1 N–H and O–H groups in total. The van der Waals surface area contributed by atoms with E-state index in [0.29, 0.717) is 19.1 Å². The van der Waals surface area contributed by atoms with Crippen LogP contribution in [0.2, 0.25) is 0 Å². The fourth-order valence-corrected chi connectivity index (χ4v) is 1.25. The van der Waals surface area contributed by atoms with Gasteiger partial charge in [-0.1, -0.05) is 0 Å². The fourth-order valence-electron chi connectivity index (χ4n) is 1.25. The van der Waals surface area contributed by atoms with Gasteiger partial charge in [-0.15, -0.1) is 0 Å². The van der Waals surface area contributed by atoms with Crippen LogP contribution in [0.4, 0.5) is 4.39 Å². The molecule has 1 rings (SSSR count). The van der Waals surface area contributed by atoms with Crippen LogP contribution in [0.25, 0.3) is 0 Å². The van der Waals surface area contributed by atoms with Gasteiger partial charge in [0.2, 0.25) is 5.91 Å². The number of hydrogen-bond donors (Lipinski definition) is 1. The molecule has 17 heavy (non-hydrogen) atoms. The average molecular weight is 239 g/mol. The Kier molecular flexibility index (Phi) is 5.13. The number of benzene rings is 1. The first-order chi connectivity index (χ1) is 8.17. The number of carbonyl (C=O) groups is 2. The van der Waals surface area contributed by atoms with Crippen molar-refractivity contribution in [3.05, 3.63) is 29.6 Å². The van der Waals surface area contributed by atoms with Crippen molar-refractivity contribution in [2.45, 2.75) is 12.8 Å². The lowest BCUT2D eigenvalue weighted by molar-refractivity contribution is -0.120. The Labute approximate surface area is 98.8 Å². The average Bonchev–Trinajstić information content (AvgIpc) is 2.35. The van der Waals surface area contributed by atoms with E-state index in [1.807, 2.05) is 0 Å². The first kappa shape index (κ1) is 13.2. The largest absolute Gasteiger partial charge is 0.491 e. The Bertz CT molecular complexity index is 407. The molecule has 1 amide bonds. The van der Waals surface area contributed by atoms with Gasteiger partial charge in [-0.05, 0) is 24.6 Å². The summed E-state index contributed by atoms with van der Waals surface area (Å²) in [6.45, 7) is 0.255. The fraction of sp³-hybridized carbons (Fsp3) is 0.333. The Balaban J connectivity index is 2.41. The number of amides is 1. The summed E-state index contributed by atoms with van der Waals surface area (Å²) in [6, 6.07) is 3.99. The van der Waals surface area contributed by atoms with Crippen LogP contribution in [0.5, 0.6) is 5.75 Å². The van der Waals surface area contributed by atoms with Gasteiger partial charge in [-0.2, -0.15) is 0 Å². The molecule has 0 aromatic heterocycles. The molecule has 0 atom stereocenters. The minimum absolute atomic E-state index is 0.0784. The third-order valence-electron chi connectivity index (χ3n) is 2.18. The third kappa shape index (κ3) is 4.22. The lowest BCUT2D eigenvalue weighted by Gasteiger charge is -2.07. The van der Waals surface area contributed by atoms with Gasteiger partial charge in [0.1, 0.15) is 6.29 Å². The summed E-state index contributed by atoms with van der Waals surface area (Å²) < 4.78 is 18.5. The van der Waals surface area contributed by atoms with Crippen LogP contribution in [-0.2, 0) is 4.79 Å². The van der Waals surface area contributed by atoms with Gasteiger partial charge < -0.3 is 10.1 Å². The van der Waals surface area contributed by atoms with E-state index in [0.717, 1.165) is 6.07 Å². The lowest BCUT2D eigenvalue weighted by Crippen LogP contribution is -2.18. The van der Waals surface area contributed by atoms with Gasteiger partial charge in [-0.3, -0.25) is 9.59 Å². The highest BCUT2D eigenvalue weighted by molar-refractivity contribution is 5.75. The van der Waals surface area contributed by atoms with Gasteiger partial charge in [0.15, 0.2) is 11.6 Å². The molecule has 1 aromatic carbocycles. The third-order valence-corrected chi connectivity index (χ3v) is 2.18. The van der Waals surface area contributed by atoms with Crippen molar-refractivity contribution in [1.29, 1.82) is 0 Å². The van der Waals surface area contributed by atoms with Gasteiger partial charge in [0.25, 0.3) is 0 Å². The minimum atomic E-state index is -0.574. The van der Waals surface area contributed by atoms with E-state index in [1.54, 1.807) is 7.05 Å².